The van der Waals surface area contributed by atoms with Crippen LogP contribution in [0.4, 0.5) is 0 Å². The number of benzene rings is 1. The molecule has 0 radical (unpaired) electrons. The van der Waals surface area contributed by atoms with Crippen molar-refractivity contribution in [2.45, 2.75) is 58.4 Å². The molecule has 1 aliphatic carbocycles. The van der Waals surface area contributed by atoms with Crippen LogP contribution in [0.3, 0.4) is 0 Å². The Bertz CT molecular complexity index is 383. The lowest BCUT2D eigenvalue weighted by Crippen LogP contribution is -2.27. The molecule has 0 bridgehead atoms. The molecule has 0 spiro atoms. The average Bonchev–Trinajstić information content (AvgIpc) is 3.31. The van der Waals surface area contributed by atoms with E-state index in [0.29, 0.717) is 5.92 Å². The largest absolute Gasteiger partial charge is 0.381 e. The zero-order valence-corrected chi connectivity index (χ0v) is 13.7. The minimum absolute atomic E-state index is 0.690. The van der Waals surface area contributed by atoms with Gasteiger partial charge in [-0.25, -0.2) is 0 Å². The lowest BCUT2D eigenvalue weighted by atomic mass is 9.96. The molecule has 21 heavy (non-hydrogen) atoms. The monoisotopic (exact) mass is 289 g/mol. The van der Waals surface area contributed by atoms with Gasteiger partial charge in [0.15, 0.2) is 0 Å². The van der Waals surface area contributed by atoms with Gasteiger partial charge >= 0.3 is 0 Å². The van der Waals surface area contributed by atoms with E-state index in [4.69, 9.17) is 4.74 Å². The Kier molecular flexibility index (Phi) is 7.25. The summed E-state index contributed by atoms with van der Waals surface area (Å²) in [5.74, 6) is 0.690. The third-order valence-electron chi connectivity index (χ3n) is 4.23. The standard InChI is InChI=1S/C19H31NO/c1-3-4-12-21-13-11-18(15-20-19-9-10-19)14-17-7-5-16(2)6-8-17/h5-8,18-20H,3-4,9-15H2,1-2H3. The Balaban J connectivity index is 1.74. The average molecular weight is 289 g/mol. The van der Waals surface area contributed by atoms with Crippen molar-refractivity contribution in [2.24, 2.45) is 5.92 Å². The zero-order chi connectivity index (χ0) is 14.9. The highest BCUT2D eigenvalue weighted by Crippen LogP contribution is 2.20. The minimum atomic E-state index is 0.690. The molecule has 0 saturated heterocycles. The summed E-state index contributed by atoms with van der Waals surface area (Å²) in [7, 11) is 0. The molecule has 0 aromatic heterocycles. The van der Waals surface area contributed by atoms with E-state index in [2.05, 4.69) is 43.4 Å². The maximum Gasteiger partial charge on any atom is 0.0469 e. The summed E-state index contributed by atoms with van der Waals surface area (Å²) in [6, 6.07) is 9.79. The topological polar surface area (TPSA) is 21.3 Å². The van der Waals surface area contributed by atoms with Crippen LogP contribution in [0.25, 0.3) is 0 Å². The van der Waals surface area contributed by atoms with Gasteiger partial charge in [-0.15, -0.1) is 0 Å². The zero-order valence-electron chi connectivity index (χ0n) is 13.7. The molecule has 2 heteroatoms. The first-order valence-corrected chi connectivity index (χ1v) is 8.64. The molecule has 1 aromatic carbocycles. The first-order valence-electron chi connectivity index (χ1n) is 8.64. The predicted molar refractivity (Wildman–Crippen MR) is 89.7 cm³/mol. The molecular weight excluding hydrogens is 258 g/mol. The molecule has 1 unspecified atom stereocenters. The number of unbranched alkanes of at least 4 members (excludes halogenated alkanes) is 1. The molecule has 0 aliphatic heterocycles. The molecule has 1 N–H and O–H groups in total. The minimum Gasteiger partial charge on any atom is -0.381 e. The van der Waals surface area contributed by atoms with Crippen LogP contribution in [0.1, 0.15) is 50.2 Å². The Labute approximate surface area is 130 Å². The lowest BCUT2D eigenvalue weighted by Gasteiger charge is -2.18. The number of aryl methyl sites for hydroxylation is 1. The first-order chi connectivity index (χ1) is 10.3. The van der Waals surface area contributed by atoms with Gasteiger partial charge in [-0.05, 0) is 57.1 Å². The lowest BCUT2D eigenvalue weighted by molar-refractivity contribution is 0.117. The van der Waals surface area contributed by atoms with Gasteiger partial charge in [0.1, 0.15) is 0 Å². The fourth-order valence-corrected chi connectivity index (χ4v) is 2.55. The molecule has 2 rings (SSSR count). The van der Waals surface area contributed by atoms with E-state index >= 15 is 0 Å². The van der Waals surface area contributed by atoms with E-state index in [1.165, 1.54) is 36.8 Å². The second-order valence-corrected chi connectivity index (χ2v) is 6.49. The van der Waals surface area contributed by atoms with Crippen molar-refractivity contribution >= 4 is 0 Å². The maximum absolute atomic E-state index is 5.76. The molecule has 1 aromatic rings. The van der Waals surface area contributed by atoms with Gasteiger partial charge in [-0.1, -0.05) is 43.2 Å². The summed E-state index contributed by atoms with van der Waals surface area (Å²) < 4.78 is 5.76. The Morgan fingerprint density at radius 2 is 1.95 bits per heavy atom. The predicted octanol–water partition coefficient (Wildman–Crippen LogP) is 4.11. The van der Waals surface area contributed by atoms with Crippen LogP contribution >= 0.6 is 0 Å². The summed E-state index contributed by atoms with van der Waals surface area (Å²) in [4.78, 5) is 0. The molecule has 0 amide bonds. The molecule has 118 valence electrons. The van der Waals surface area contributed by atoms with Crippen LogP contribution in [0.2, 0.25) is 0 Å². The third kappa shape index (κ3) is 7.10. The van der Waals surface area contributed by atoms with Crippen molar-refractivity contribution in [1.82, 2.24) is 5.32 Å². The van der Waals surface area contributed by atoms with E-state index < -0.39 is 0 Å². The summed E-state index contributed by atoms with van der Waals surface area (Å²) in [5, 5.41) is 3.68. The van der Waals surface area contributed by atoms with E-state index in [-0.39, 0.29) is 0 Å². The van der Waals surface area contributed by atoms with Crippen LogP contribution < -0.4 is 5.32 Å². The maximum atomic E-state index is 5.76. The third-order valence-corrected chi connectivity index (χ3v) is 4.23. The fourth-order valence-electron chi connectivity index (χ4n) is 2.55. The molecule has 1 aliphatic rings. The van der Waals surface area contributed by atoms with Crippen LogP contribution in [-0.4, -0.2) is 25.8 Å². The van der Waals surface area contributed by atoms with Crippen LogP contribution in [0, 0.1) is 12.8 Å². The number of ether oxygens (including phenoxy) is 1. The van der Waals surface area contributed by atoms with Crippen molar-refractivity contribution < 1.29 is 4.74 Å². The second kappa shape index (κ2) is 9.22. The molecular formula is C19H31NO. The van der Waals surface area contributed by atoms with E-state index in [0.717, 1.165) is 38.6 Å². The highest BCUT2D eigenvalue weighted by molar-refractivity contribution is 5.21. The van der Waals surface area contributed by atoms with Crippen molar-refractivity contribution in [2.75, 3.05) is 19.8 Å². The summed E-state index contributed by atoms with van der Waals surface area (Å²) >= 11 is 0. The van der Waals surface area contributed by atoms with E-state index in [1.807, 2.05) is 0 Å². The summed E-state index contributed by atoms with van der Waals surface area (Å²) in [5.41, 5.74) is 2.80. The van der Waals surface area contributed by atoms with Gasteiger partial charge in [0.2, 0.25) is 0 Å². The van der Waals surface area contributed by atoms with Gasteiger partial charge in [-0.2, -0.15) is 0 Å². The first kappa shape index (κ1) is 16.5. The number of hydrogen-bond donors (Lipinski definition) is 1. The van der Waals surface area contributed by atoms with Crippen molar-refractivity contribution in [3.05, 3.63) is 35.4 Å². The summed E-state index contributed by atoms with van der Waals surface area (Å²) in [6.07, 6.45) is 7.46. The SMILES string of the molecule is CCCCOCCC(CNC1CC1)Cc1ccc(C)cc1. The van der Waals surface area contributed by atoms with E-state index in [9.17, 15) is 0 Å². The number of nitrogens with one attached hydrogen (secondary N) is 1. The van der Waals surface area contributed by atoms with Gasteiger partial charge in [0, 0.05) is 19.3 Å². The van der Waals surface area contributed by atoms with Crippen molar-refractivity contribution in [1.29, 1.82) is 0 Å². The normalized spacial score (nSPS) is 16.1. The smallest absolute Gasteiger partial charge is 0.0469 e. The second-order valence-electron chi connectivity index (χ2n) is 6.49. The molecule has 1 fully saturated rings. The Morgan fingerprint density at radius 1 is 1.19 bits per heavy atom. The highest BCUT2D eigenvalue weighted by atomic mass is 16.5. The fraction of sp³-hybridized carbons (Fsp3) is 0.684. The molecule has 2 nitrogen and oxygen atoms in total. The van der Waals surface area contributed by atoms with Crippen LogP contribution in [0.5, 0.6) is 0 Å². The van der Waals surface area contributed by atoms with E-state index in [1.54, 1.807) is 0 Å². The van der Waals surface area contributed by atoms with Gasteiger partial charge in [0.05, 0.1) is 0 Å². The Hall–Kier alpha value is -0.860. The quantitative estimate of drug-likeness (QED) is 0.619. The Morgan fingerprint density at radius 3 is 2.62 bits per heavy atom. The molecule has 1 saturated carbocycles. The van der Waals surface area contributed by atoms with Gasteiger partial charge in [-0.3, -0.25) is 0 Å². The van der Waals surface area contributed by atoms with Crippen molar-refractivity contribution in [3.63, 3.8) is 0 Å². The van der Waals surface area contributed by atoms with Crippen LogP contribution in [0.15, 0.2) is 24.3 Å². The van der Waals surface area contributed by atoms with Crippen LogP contribution in [-0.2, 0) is 11.2 Å². The summed E-state index contributed by atoms with van der Waals surface area (Å²) in [6.45, 7) is 7.32. The number of hydrogen-bond acceptors (Lipinski definition) is 2. The molecule has 1 atom stereocenters. The van der Waals surface area contributed by atoms with Crippen molar-refractivity contribution in [3.8, 4) is 0 Å². The highest BCUT2D eigenvalue weighted by Gasteiger charge is 2.22. The number of rotatable bonds is 11. The van der Waals surface area contributed by atoms with Gasteiger partial charge < -0.3 is 10.1 Å². The molecule has 0 heterocycles. The van der Waals surface area contributed by atoms with Gasteiger partial charge in [0.25, 0.3) is 0 Å².